The van der Waals surface area contributed by atoms with Crippen LogP contribution in [0.2, 0.25) is 0 Å². The highest BCUT2D eigenvalue weighted by atomic mass is 32.2. The van der Waals surface area contributed by atoms with Gasteiger partial charge in [0.25, 0.3) is 0 Å². The molecule has 1 aromatic rings. The van der Waals surface area contributed by atoms with Gasteiger partial charge in [0.05, 0.1) is 18.1 Å². The summed E-state index contributed by atoms with van der Waals surface area (Å²) in [5, 5.41) is 4.06. The average molecular weight is 342 g/mol. The van der Waals surface area contributed by atoms with Crippen LogP contribution in [-0.2, 0) is 26.6 Å². The van der Waals surface area contributed by atoms with Gasteiger partial charge in [-0.3, -0.25) is 14.4 Å². The molecule has 0 radical (unpaired) electrons. The van der Waals surface area contributed by atoms with Gasteiger partial charge >= 0.3 is 0 Å². The second-order valence-electron chi connectivity index (χ2n) is 6.03. The van der Waals surface area contributed by atoms with Gasteiger partial charge < -0.3 is 4.74 Å². The molecule has 2 atom stereocenters. The van der Waals surface area contributed by atoms with Crippen LogP contribution >= 0.6 is 0 Å². The summed E-state index contributed by atoms with van der Waals surface area (Å²) in [7, 11) is -1.79. The molecule has 0 saturated carbocycles. The van der Waals surface area contributed by atoms with Gasteiger partial charge in [-0.1, -0.05) is 0 Å². The lowest BCUT2D eigenvalue weighted by Gasteiger charge is -2.32. The molecule has 2 aliphatic heterocycles. The number of carbonyl (C=O) groups is 1. The predicted octanol–water partition coefficient (Wildman–Crippen LogP) is 0.0139. The first-order valence-corrected chi connectivity index (χ1v) is 9.52. The Kier molecular flexibility index (Phi) is 4.69. The van der Waals surface area contributed by atoms with E-state index in [9.17, 15) is 13.2 Å². The lowest BCUT2D eigenvalue weighted by atomic mass is 10.1. The molecular formula is C14H22N4O4S. The molecule has 9 heteroatoms. The van der Waals surface area contributed by atoms with Crippen molar-refractivity contribution in [1.29, 1.82) is 0 Å². The van der Waals surface area contributed by atoms with Crippen LogP contribution in [0.1, 0.15) is 25.7 Å². The van der Waals surface area contributed by atoms with Crippen molar-refractivity contribution in [1.82, 2.24) is 14.5 Å². The molecule has 2 aliphatic rings. The molecule has 2 saturated heterocycles. The minimum Gasteiger partial charge on any atom is -0.377 e. The van der Waals surface area contributed by atoms with Gasteiger partial charge in [0.1, 0.15) is 11.9 Å². The molecule has 8 nitrogen and oxygen atoms in total. The van der Waals surface area contributed by atoms with Crippen molar-refractivity contribution in [2.24, 2.45) is 7.05 Å². The Bertz CT molecular complexity index is 666. The van der Waals surface area contributed by atoms with E-state index in [1.807, 2.05) is 0 Å². The number of anilines is 1. The highest BCUT2D eigenvalue weighted by molar-refractivity contribution is 7.89. The van der Waals surface area contributed by atoms with E-state index in [0.29, 0.717) is 25.4 Å². The third-order valence-corrected chi connectivity index (χ3v) is 5.72. The van der Waals surface area contributed by atoms with Crippen LogP contribution in [0.3, 0.4) is 0 Å². The summed E-state index contributed by atoms with van der Waals surface area (Å²) in [6.07, 6.45) is 4.24. The monoisotopic (exact) mass is 342 g/mol. The van der Waals surface area contributed by atoms with E-state index in [4.69, 9.17) is 4.74 Å². The minimum atomic E-state index is -3.54. The van der Waals surface area contributed by atoms with Gasteiger partial charge in [-0.2, -0.15) is 5.10 Å². The van der Waals surface area contributed by atoms with Crippen molar-refractivity contribution in [2.45, 2.75) is 37.8 Å². The number of nitrogens with zero attached hydrogens (tertiary/aromatic N) is 3. The first kappa shape index (κ1) is 16.4. The molecule has 23 heavy (non-hydrogen) atoms. The summed E-state index contributed by atoms with van der Waals surface area (Å²) >= 11 is 0. The van der Waals surface area contributed by atoms with E-state index < -0.39 is 16.1 Å². The fourth-order valence-corrected chi connectivity index (χ4v) is 4.63. The maximum Gasteiger partial charge on any atom is 0.246 e. The fraction of sp³-hybridized carbons (Fsp3) is 0.714. The van der Waals surface area contributed by atoms with Crippen molar-refractivity contribution < 1.29 is 17.9 Å². The molecule has 3 heterocycles. The molecule has 128 valence electrons. The zero-order chi connectivity index (χ0) is 16.4. The topological polar surface area (TPSA) is 93.5 Å². The van der Waals surface area contributed by atoms with E-state index in [1.54, 1.807) is 28.9 Å². The smallest absolute Gasteiger partial charge is 0.246 e. The number of aryl methyl sites for hydroxylation is 1. The third-order valence-electron chi connectivity index (χ3n) is 4.26. The molecule has 0 unspecified atom stereocenters. The fourth-order valence-electron chi connectivity index (χ4n) is 3.13. The molecule has 0 aliphatic carbocycles. The molecule has 0 spiro atoms. The van der Waals surface area contributed by atoms with Crippen LogP contribution in [0.25, 0.3) is 0 Å². The normalized spacial score (nSPS) is 26.0. The predicted molar refractivity (Wildman–Crippen MR) is 84.5 cm³/mol. The van der Waals surface area contributed by atoms with E-state index >= 15 is 0 Å². The molecule has 0 bridgehead atoms. The van der Waals surface area contributed by atoms with Crippen molar-refractivity contribution in [2.75, 3.05) is 23.8 Å². The summed E-state index contributed by atoms with van der Waals surface area (Å²) in [6, 6.07) is 1.03. The zero-order valence-corrected chi connectivity index (χ0v) is 14.0. The van der Waals surface area contributed by atoms with E-state index in [1.165, 1.54) is 0 Å². The van der Waals surface area contributed by atoms with Gasteiger partial charge in [-0.25, -0.2) is 13.1 Å². The quantitative estimate of drug-likeness (QED) is 0.814. The zero-order valence-electron chi connectivity index (χ0n) is 13.1. The summed E-state index contributed by atoms with van der Waals surface area (Å²) in [4.78, 5) is 14.2. The van der Waals surface area contributed by atoms with Crippen molar-refractivity contribution in [3.05, 3.63) is 12.3 Å². The Hall–Kier alpha value is -1.45. The molecule has 3 rings (SSSR count). The number of aromatic nitrogens is 2. The van der Waals surface area contributed by atoms with Crippen LogP contribution in [0.4, 0.5) is 5.82 Å². The van der Waals surface area contributed by atoms with Crippen molar-refractivity contribution in [3.63, 3.8) is 0 Å². The van der Waals surface area contributed by atoms with Crippen LogP contribution in [0.5, 0.6) is 0 Å². The summed E-state index contributed by atoms with van der Waals surface area (Å²) in [6.45, 7) is 1.18. The lowest BCUT2D eigenvalue weighted by molar-refractivity contribution is -0.121. The Balaban J connectivity index is 1.67. The Labute approximate surface area is 135 Å². The molecule has 1 amide bonds. The van der Waals surface area contributed by atoms with Crippen molar-refractivity contribution in [3.8, 4) is 0 Å². The number of amides is 1. The Morgan fingerprint density at radius 2 is 2.22 bits per heavy atom. The van der Waals surface area contributed by atoms with Crippen LogP contribution in [0.15, 0.2) is 12.3 Å². The highest BCUT2D eigenvalue weighted by Crippen LogP contribution is 2.21. The van der Waals surface area contributed by atoms with Gasteiger partial charge in [0.2, 0.25) is 15.9 Å². The highest BCUT2D eigenvalue weighted by Gasteiger charge is 2.34. The molecular weight excluding hydrogens is 320 g/mol. The number of ether oxygens (including phenoxy) is 1. The van der Waals surface area contributed by atoms with Gasteiger partial charge in [-0.15, -0.1) is 0 Å². The van der Waals surface area contributed by atoms with Gasteiger partial charge in [0.15, 0.2) is 0 Å². The summed E-state index contributed by atoms with van der Waals surface area (Å²) in [5.41, 5.74) is 0. The summed E-state index contributed by atoms with van der Waals surface area (Å²) in [5.74, 6) is 0.372. The maximum absolute atomic E-state index is 12.6. The van der Waals surface area contributed by atoms with Crippen LogP contribution < -0.4 is 9.62 Å². The minimum absolute atomic E-state index is 0.0809. The van der Waals surface area contributed by atoms with Gasteiger partial charge in [-0.05, 0) is 25.7 Å². The largest absolute Gasteiger partial charge is 0.377 e. The number of rotatable bonds is 5. The number of piperidine rings is 1. The second-order valence-corrected chi connectivity index (χ2v) is 7.83. The SMILES string of the molecule is Cn1nccc1N1CCC[C@H](NS(=O)(=O)C[C@@H]2CCCO2)C1=O. The first-order valence-electron chi connectivity index (χ1n) is 7.87. The number of hydrogen-bond donors (Lipinski definition) is 1. The van der Waals surface area contributed by atoms with E-state index in [0.717, 1.165) is 19.3 Å². The van der Waals surface area contributed by atoms with E-state index in [2.05, 4.69) is 9.82 Å². The van der Waals surface area contributed by atoms with Crippen LogP contribution in [0, 0.1) is 0 Å². The maximum atomic E-state index is 12.6. The second kappa shape index (κ2) is 6.58. The molecule has 0 aromatic carbocycles. The van der Waals surface area contributed by atoms with Crippen molar-refractivity contribution >= 4 is 21.7 Å². The number of carbonyl (C=O) groups excluding carboxylic acids is 1. The number of hydrogen-bond acceptors (Lipinski definition) is 5. The van der Waals surface area contributed by atoms with E-state index in [-0.39, 0.29) is 17.8 Å². The number of sulfonamides is 1. The number of nitrogens with one attached hydrogen (secondary N) is 1. The Morgan fingerprint density at radius 1 is 1.39 bits per heavy atom. The summed E-state index contributed by atoms with van der Waals surface area (Å²) < 4.78 is 34.1. The molecule has 1 aromatic heterocycles. The third kappa shape index (κ3) is 3.73. The average Bonchev–Trinajstić information content (AvgIpc) is 3.12. The van der Waals surface area contributed by atoms with Crippen LogP contribution in [-0.4, -0.2) is 55.2 Å². The van der Waals surface area contributed by atoms with Gasteiger partial charge in [0, 0.05) is 26.3 Å². The molecule has 2 fully saturated rings. The first-order chi connectivity index (χ1) is 11.0. The lowest BCUT2D eigenvalue weighted by Crippen LogP contribution is -2.53. The molecule has 1 N–H and O–H groups in total. The standard InChI is InChI=1S/C14H22N4O4S/c1-17-13(6-7-15-17)18-8-2-5-12(14(18)19)16-23(20,21)10-11-4-3-9-22-11/h6-7,11-12,16H,2-5,8-10H2,1H3/t11-,12-/m0/s1. The Morgan fingerprint density at radius 3 is 2.87 bits per heavy atom.